The third kappa shape index (κ3) is 3.54. The summed E-state index contributed by atoms with van der Waals surface area (Å²) in [5.41, 5.74) is 6.30. The van der Waals surface area contributed by atoms with Crippen molar-refractivity contribution in [2.45, 2.75) is 26.3 Å². The lowest BCUT2D eigenvalue weighted by Gasteiger charge is -2.40. The standard InChI is InChI=1S/C14H24N2OS/c1-2-16(10-13-4-3-9-18-13)12-14(11-15)5-7-17-8-6-14/h3-4,9H,2,5-8,10-12,15H2,1H3. The molecule has 1 aromatic rings. The van der Waals surface area contributed by atoms with Crippen molar-refractivity contribution in [2.75, 3.05) is 32.8 Å². The third-order valence-electron chi connectivity index (χ3n) is 3.95. The second kappa shape index (κ2) is 6.66. The highest BCUT2D eigenvalue weighted by Crippen LogP contribution is 2.31. The summed E-state index contributed by atoms with van der Waals surface area (Å²) in [5, 5.41) is 2.15. The number of hydrogen-bond acceptors (Lipinski definition) is 4. The summed E-state index contributed by atoms with van der Waals surface area (Å²) >= 11 is 1.84. The predicted molar refractivity (Wildman–Crippen MR) is 76.8 cm³/mol. The van der Waals surface area contributed by atoms with Gasteiger partial charge in [0.05, 0.1) is 0 Å². The second-order valence-corrected chi connectivity index (χ2v) is 6.23. The van der Waals surface area contributed by atoms with E-state index in [9.17, 15) is 0 Å². The minimum absolute atomic E-state index is 0.269. The van der Waals surface area contributed by atoms with Gasteiger partial charge in [0.1, 0.15) is 0 Å². The van der Waals surface area contributed by atoms with Crippen LogP contribution in [0.3, 0.4) is 0 Å². The lowest BCUT2D eigenvalue weighted by molar-refractivity contribution is -0.000522. The van der Waals surface area contributed by atoms with Crippen LogP contribution in [0.5, 0.6) is 0 Å². The summed E-state index contributed by atoms with van der Waals surface area (Å²) in [6, 6.07) is 4.34. The molecule has 1 aliphatic heterocycles. The summed E-state index contributed by atoms with van der Waals surface area (Å²) < 4.78 is 5.48. The molecule has 2 rings (SSSR count). The molecule has 4 heteroatoms. The van der Waals surface area contributed by atoms with Gasteiger partial charge < -0.3 is 10.5 Å². The number of rotatable bonds is 6. The largest absolute Gasteiger partial charge is 0.381 e. The molecule has 0 saturated carbocycles. The summed E-state index contributed by atoms with van der Waals surface area (Å²) in [7, 11) is 0. The van der Waals surface area contributed by atoms with Gasteiger partial charge in [-0.1, -0.05) is 13.0 Å². The molecule has 0 radical (unpaired) electrons. The molecule has 1 fully saturated rings. The average Bonchev–Trinajstić information content (AvgIpc) is 2.92. The molecule has 0 bridgehead atoms. The fraction of sp³-hybridized carbons (Fsp3) is 0.714. The SMILES string of the molecule is CCN(Cc1cccs1)CC1(CN)CCOCC1. The Labute approximate surface area is 114 Å². The Kier molecular flexibility index (Phi) is 5.18. The number of ether oxygens (including phenoxy) is 1. The highest BCUT2D eigenvalue weighted by Gasteiger charge is 2.32. The monoisotopic (exact) mass is 268 g/mol. The molecule has 0 amide bonds. The first kappa shape index (κ1) is 14.0. The topological polar surface area (TPSA) is 38.5 Å². The van der Waals surface area contributed by atoms with Crippen molar-refractivity contribution < 1.29 is 4.74 Å². The van der Waals surface area contributed by atoms with Crippen LogP contribution < -0.4 is 5.73 Å². The Morgan fingerprint density at radius 2 is 2.22 bits per heavy atom. The van der Waals surface area contributed by atoms with Crippen LogP contribution in [0.4, 0.5) is 0 Å². The van der Waals surface area contributed by atoms with Gasteiger partial charge in [-0.05, 0) is 42.8 Å². The molecule has 0 atom stereocenters. The fourth-order valence-electron chi connectivity index (χ4n) is 2.61. The molecule has 102 valence electrons. The van der Waals surface area contributed by atoms with Gasteiger partial charge in [0.2, 0.25) is 0 Å². The van der Waals surface area contributed by atoms with Crippen molar-refractivity contribution in [1.82, 2.24) is 4.90 Å². The van der Waals surface area contributed by atoms with Gasteiger partial charge in [-0.15, -0.1) is 11.3 Å². The minimum Gasteiger partial charge on any atom is -0.381 e. The average molecular weight is 268 g/mol. The molecule has 0 aliphatic carbocycles. The summed E-state index contributed by atoms with van der Waals surface area (Å²) in [4.78, 5) is 3.96. The van der Waals surface area contributed by atoms with Crippen molar-refractivity contribution in [3.63, 3.8) is 0 Å². The third-order valence-corrected chi connectivity index (χ3v) is 4.81. The van der Waals surface area contributed by atoms with E-state index in [4.69, 9.17) is 10.5 Å². The zero-order chi connectivity index (χ0) is 12.8. The molecule has 1 aliphatic rings. The van der Waals surface area contributed by atoms with Crippen LogP contribution in [0.25, 0.3) is 0 Å². The van der Waals surface area contributed by atoms with Crippen molar-refractivity contribution in [2.24, 2.45) is 11.1 Å². The van der Waals surface area contributed by atoms with Gasteiger partial charge in [0.25, 0.3) is 0 Å². The Bertz CT molecular complexity index is 334. The Balaban J connectivity index is 1.95. The Morgan fingerprint density at radius 3 is 2.78 bits per heavy atom. The first-order chi connectivity index (χ1) is 8.78. The van der Waals surface area contributed by atoms with Gasteiger partial charge in [-0.2, -0.15) is 0 Å². The number of nitrogens with two attached hydrogens (primary N) is 1. The Hall–Kier alpha value is -0.420. The fourth-order valence-corrected chi connectivity index (χ4v) is 3.35. The van der Waals surface area contributed by atoms with Crippen LogP contribution in [-0.2, 0) is 11.3 Å². The predicted octanol–water partition coefficient (Wildman–Crippen LogP) is 2.33. The molecule has 0 unspecified atom stereocenters. The van der Waals surface area contributed by atoms with E-state index in [0.717, 1.165) is 52.2 Å². The van der Waals surface area contributed by atoms with E-state index >= 15 is 0 Å². The van der Waals surface area contributed by atoms with E-state index in [-0.39, 0.29) is 5.41 Å². The van der Waals surface area contributed by atoms with Crippen LogP contribution >= 0.6 is 11.3 Å². The minimum atomic E-state index is 0.269. The molecule has 1 saturated heterocycles. The molecule has 18 heavy (non-hydrogen) atoms. The van der Waals surface area contributed by atoms with Crippen LogP contribution in [0, 0.1) is 5.41 Å². The highest BCUT2D eigenvalue weighted by molar-refractivity contribution is 7.09. The quantitative estimate of drug-likeness (QED) is 0.860. The van der Waals surface area contributed by atoms with Crippen molar-refractivity contribution in [1.29, 1.82) is 0 Å². The van der Waals surface area contributed by atoms with Crippen molar-refractivity contribution in [3.8, 4) is 0 Å². The maximum Gasteiger partial charge on any atom is 0.0472 e. The molecule has 0 spiro atoms. The van der Waals surface area contributed by atoms with Crippen molar-refractivity contribution >= 4 is 11.3 Å². The van der Waals surface area contributed by atoms with E-state index in [0.29, 0.717) is 0 Å². The first-order valence-corrected chi connectivity index (χ1v) is 7.68. The van der Waals surface area contributed by atoms with E-state index in [1.54, 1.807) is 0 Å². The molecular formula is C14H24N2OS. The van der Waals surface area contributed by atoms with Crippen molar-refractivity contribution in [3.05, 3.63) is 22.4 Å². The van der Waals surface area contributed by atoms with Gasteiger partial charge in [-0.25, -0.2) is 0 Å². The number of nitrogens with zero attached hydrogens (tertiary/aromatic N) is 1. The van der Waals surface area contributed by atoms with E-state index < -0.39 is 0 Å². The van der Waals surface area contributed by atoms with Crippen LogP contribution in [0.15, 0.2) is 17.5 Å². The van der Waals surface area contributed by atoms with Crippen LogP contribution in [-0.4, -0.2) is 37.7 Å². The van der Waals surface area contributed by atoms with Gasteiger partial charge in [0, 0.05) is 31.2 Å². The van der Waals surface area contributed by atoms with Crippen LogP contribution in [0.1, 0.15) is 24.6 Å². The van der Waals surface area contributed by atoms with Gasteiger partial charge >= 0.3 is 0 Å². The lowest BCUT2D eigenvalue weighted by atomic mass is 9.79. The molecule has 2 N–H and O–H groups in total. The lowest BCUT2D eigenvalue weighted by Crippen LogP contribution is -2.45. The van der Waals surface area contributed by atoms with Crippen LogP contribution in [0.2, 0.25) is 0 Å². The van der Waals surface area contributed by atoms with Gasteiger partial charge in [0.15, 0.2) is 0 Å². The summed E-state index contributed by atoms with van der Waals surface area (Å²) in [6.07, 6.45) is 2.20. The molecule has 0 aromatic carbocycles. The second-order valence-electron chi connectivity index (χ2n) is 5.20. The molecule has 3 nitrogen and oxygen atoms in total. The zero-order valence-corrected chi connectivity index (χ0v) is 12.0. The van der Waals surface area contributed by atoms with E-state index in [1.807, 2.05) is 11.3 Å². The van der Waals surface area contributed by atoms with Gasteiger partial charge in [-0.3, -0.25) is 4.90 Å². The van der Waals surface area contributed by atoms with E-state index in [2.05, 4.69) is 29.3 Å². The maximum absolute atomic E-state index is 6.04. The molecule has 1 aromatic heterocycles. The smallest absolute Gasteiger partial charge is 0.0472 e. The highest BCUT2D eigenvalue weighted by atomic mass is 32.1. The Morgan fingerprint density at radius 1 is 1.44 bits per heavy atom. The maximum atomic E-state index is 6.04. The summed E-state index contributed by atoms with van der Waals surface area (Å²) in [5.74, 6) is 0. The number of hydrogen-bond donors (Lipinski definition) is 1. The molecule has 2 heterocycles. The normalized spacial score (nSPS) is 19.3. The molecular weight excluding hydrogens is 244 g/mol. The summed E-state index contributed by atoms with van der Waals surface area (Å²) in [6.45, 7) is 7.98. The van der Waals surface area contributed by atoms with E-state index in [1.165, 1.54) is 4.88 Å². The zero-order valence-electron chi connectivity index (χ0n) is 11.2. The number of thiophene rings is 1. The first-order valence-electron chi connectivity index (χ1n) is 6.80.